The molecule has 0 spiro atoms. The minimum atomic E-state index is -0.582. The molecule has 6 heteroatoms. The molecule has 0 aliphatic heterocycles. The van der Waals surface area contributed by atoms with Crippen molar-refractivity contribution < 1.29 is 9.18 Å². The number of thiazole rings is 1. The summed E-state index contributed by atoms with van der Waals surface area (Å²) in [4.78, 5) is 16.5. The zero-order valence-electron chi connectivity index (χ0n) is 8.81. The van der Waals surface area contributed by atoms with E-state index in [9.17, 15) is 9.18 Å². The van der Waals surface area contributed by atoms with Crippen molar-refractivity contribution in [3.05, 3.63) is 46.2 Å². The first-order chi connectivity index (χ1) is 8.16. The van der Waals surface area contributed by atoms with E-state index in [4.69, 9.17) is 5.73 Å². The first-order valence-corrected chi connectivity index (χ1v) is 5.75. The van der Waals surface area contributed by atoms with Crippen molar-refractivity contribution in [3.8, 4) is 0 Å². The molecule has 1 aromatic heterocycles. The molecule has 4 nitrogen and oxygen atoms in total. The van der Waals surface area contributed by atoms with Crippen LogP contribution in [0.2, 0.25) is 0 Å². The van der Waals surface area contributed by atoms with Crippen LogP contribution < -0.4 is 11.1 Å². The van der Waals surface area contributed by atoms with Crippen LogP contribution in [-0.4, -0.2) is 10.9 Å². The highest BCUT2D eigenvalue weighted by atomic mass is 32.1. The SMILES string of the molecule is Nc1ccc(F)c(C(=O)NCc2cncs2)c1. The summed E-state index contributed by atoms with van der Waals surface area (Å²) in [6.45, 7) is 0.331. The summed E-state index contributed by atoms with van der Waals surface area (Å²) in [5, 5.41) is 2.61. The van der Waals surface area contributed by atoms with Crippen molar-refractivity contribution >= 4 is 22.9 Å². The molecule has 0 saturated carbocycles. The van der Waals surface area contributed by atoms with Crippen molar-refractivity contribution in [1.29, 1.82) is 0 Å². The Morgan fingerprint density at radius 2 is 2.35 bits per heavy atom. The number of hydrogen-bond acceptors (Lipinski definition) is 4. The summed E-state index contributed by atoms with van der Waals surface area (Å²) in [5.41, 5.74) is 7.48. The molecule has 0 radical (unpaired) electrons. The second-order valence-electron chi connectivity index (χ2n) is 3.39. The van der Waals surface area contributed by atoms with Gasteiger partial charge in [-0.1, -0.05) is 0 Å². The first kappa shape index (κ1) is 11.5. The number of nitrogens with zero attached hydrogens (tertiary/aromatic N) is 1. The van der Waals surface area contributed by atoms with Gasteiger partial charge in [-0.25, -0.2) is 4.39 Å². The van der Waals surface area contributed by atoms with Gasteiger partial charge in [0.2, 0.25) is 0 Å². The van der Waals surface area contributed by atoms with Gasteiger partial charge in [-0.2, -0.15) is 0 Å². The lowest BCUT2D eigenvalue weighted by molar-refractivity contribution is 0.0947. The number of nitrogens with two attached hydrogens (primary N) is 1. The number of nitrogens with one attached hydrogen (secondary N) is 1. The number of anilines is 1. The van der Waals surface area contributed by atoms with Crippen LogP contribution in [0.25, 0.3) is 0 Å². The minimum Gasteiger partial charge on any atom is -0.399 e. The van der Waals surface area contributed by atoms with Crippen LogP contribution in [0.1, 0.15) is 15.2 Å². The van der Waals surface area contributed by atoms with Gasteiger partial charge >= 0.3 is 0 Å². The highest BCUT2D eigenvalue weighted by molar-refractivity contribution is 7.09. The fourth-order valence-corrected chi connectivity index (χ4v) is 1.84. The van der Waals surface area contributed by atoms with E-state index >= 15 is 0 Å². The quantitative estimate of drug-likeness (QED) is 0.817. The summed E-state index contributed by atoms with van der Waals surface area (Å²) in [5.74, 6) is -1.07. The normalized spacial score (nSPS) is 10.2. The van der Waals surface area contributed by atoms with E-state index in [1.54, 1.807) is 11.7 Å². The maximum Gasteiger partial charge on any atom is 0.254 e. The van der Waals surface area contributed by atoms with Gasteiger partial charge in [0.15, 0.2) is 0 Å². The largest absolute Gasteiger partial charge is 0.399 e. The van der Waals surface area contributed by atoms with Crippen LogP contribution in [0.4, 0.5) is 10.1 Å². The number of nitrogen functional groups attached to an aromatic ring is 1. The molecule has 2 aromatic rings. The molecule has 0 fully saturated rings. The van der Waals surface area contributed by atoms with E-state index in [0.29, 0.717) is 12.2 Å². The standard InChI is InChI=1S/C11H10FN3OS/c12-10-2-1-7(13)3-9(10)11(16)15-5-8-4-14-6-17-8/h1-4,6H,5,13H2,(H,15,16). The number of rotatable bonds is 3. The molecule has 17 heavy (non-hydrogen) atoms. The summed E-state index contributed by atoms with van der Waals surface area (Å²) in [6.07, 6.45) is 1.65. The highest BCUT2D eigenvalue weighted by Crippen LogP contribution is 2.12. The van der Waals surface area contributed by atoms with Crippen LogP contribution >= 0.6 is 11.3 Å². The summed E-state index contributed by atoms with van der Waals surface area (Å²) in [7, 11) is 0. The predicted molar refractivity (Wildman–Crippen MR) is 64.1 cm³/mol. The maximum atomic E-state index is 13.4. The molecule has 0 saturated heterocycles. The van der Waals surface area contributed by atoms with Gasteiger partial charge in [0.1, 0.15) is 5.82 Å². The molecule has 0 bridgehead atoms. The molecule has 0 aliphatic carbocycles. The lowest BCUT2D eigenvalue weighted by atomic mass is 10.2. The second-order valence-corrected chi connectivity index (χ2v) is 4.36. The number of aromatic nitrogens is 1. The zero-order chi connectivity index (χ0) is 12.3. The lowest BCUT2D eigenvalue weighted by Gasteiger charge is -2.05. The van der Waals surface area contributed by atoms with Crippen molar-refractivity contribution in [2.75, 3.05) is 5.73 Å². The molecule has 88 valence electrons. The van der Waals surface area contributed by atoms with E-state index in [0.717, 1.165) is 4.88 Å². The summed E-state index contributed by atoms with van der Waals surface area (Å²) in [6, 6.07) is 3.91. The summed E-state index contributed by atoms with van der Waals surface area (Å²) >= 11 is 1.42. The van der Waals surface area contributed by atoms with Gasteiger partial charge in [-0.3, -0.25) is 9.78 Å². The molecule has 3 N–H and O–H groups in total. The number of carbonyl (C=O) groups excluding carboxylic acids is 1. The van der Waals surface area contributed by atoms with E-state index in [1.165, 1.54) is 29.5 Å². The Morgan fingerprint density at radius 3 is 3.06 bits per heavy atom. The lowest BCUT2D eigenvalue weighted by Crippen LogP contribution is -2.23. The molecule has 0 unspecified atom stereocenters. The Balaban J connectivity index is 2.07. The Bertz CT molecular complexity index is 528. The zero-order valence-corrected chi connectivity index (χ0v) is 9.63. The maximum absolute atomic E-state index is 13.4. The van der Waals surface area contributed by atoms with Gasteiger partial charge in [-0.05, 0) is 18.2 Å². The van der Waals surface area contributed by atoms with E-state index < -0.39 is 11.7 Å². The van der Waals surface area contributed by atoms with Crippen LogP contribution in [0.3, 0.4) is 0 Å². The predicted octanol–water partition coefficient (Wildman–Crippen LogP) is 1.79. The topological polar surface area (TPSA) is 68.0 Å². The second kappa shape index (κ2) is 4.92. The number of hydrogen-bond donors (Lipinski definition) is 2. The van der Waals surface area contributed by atoms with Gasteiger partial charge in [0.25, 0.3) is 5.91 Å². The van der Waals surface area contributed by atoms with Crippen molar-refractivity contribution in [1.82, 2.24) is 10.3 Å². The van der Waals surface area contributed by atoms with Gasteiger partial charge in [-0.15, -0.1) is 11.3 Å². The fraction of sp³-hybridized carbons (Fsp3) is 0.0909. The Hall–Kier alpha value is -1.95. The monoisotopic (exact) mass is 251 g/mol. The number of halogens is 1. The third-order valence-electron chi connectivity index (χ3n) is 2.14. The number of carbonyl (C=O) groups is 1. The van der Waals surface area contributed by atoms with Gasteiger partial charge < -0.3 is 11.1 Å². The molecular weight excluding hydrogens is 241 g/mol. The Morgan fingerprint density at radius 1 is 1.53 bits per heavy atom. The third kappa shape index (κ3) is 2.79. The Kier molecular flexibility index (Phi) is 3.34. The van der Waals surface area contributed by atoms with Crippen LogP contribution in [-0.2, 0) is 6.54 Å². The highest BCUT2D eigenvalue weighted by Gasteiger charge is 2.11. The van der Waals surface area contributed by atoms with Crippen molar-refractivity contribution in [2.45, 2.75) is 6.54 Å². The average Bonchev–Trinajstić information content (AvgIpc) is 2.82. The average molecular weight is 251 g/mol. The molecule has 1 aromatic carbocycles. The van der Waals surface area contributed by atoms with E-state index in [2.05, 4.69) is 10.3 Å². The molecule has 0 atom stereocenters. The molecule has 0 aliphatic rings. The van der Waals surface area contributed by atoms with Gasteiger partial charge in [0, 0.05) is 16.8 Å². The number of benzene rings is 1. The van der Waals surface area contributed by atoms with Crippen LogP contribution in [0, 0.1) is 5.82 Å². The minimum absolute atomic E-state index is 0.0467. The first-order valence-electron chi connectivity index (χ1n) is 4.87. The van der Waals surface area contributed by atoms with E-state index in [1.807, 2.05) is 0 Å². The third-order valence-corrected chi connectivity index (χ3v) is 2.92. The summed E-state index contributed by atoms with van der Waals surface area (Å²) < 4.78 is 13.4. The Labute approximate surface area is 101 Å². The number of amides is 1. The smallest absolute Gasteiger partial charge is 0.254 e. The fourth-order valence-electron chi connectivity index (χ4n) is 1.31. The van der Waals surface area contributed by atoms with Crippen molar-refractivity contribution in [3.63, 3.8) is 0 Å². The molecular formula is C11H10FN3OS. The van der Waals surface area contributed by atoms with Crippen LogP contribution in [0.15, 0.2) is 29.9 Å². The van der Waals surface area contributed by atoms with Crippen LogP contribution in [0.5, 0.6) is 0 Å². The van der Waals surface area contributed by atoms with E-state index in [-0.39, 0.29) is 5.56 Å². The van der Waals surface area contributed by atoms with Crippen molar-refractivity contribution in [2.24, 2.45) is 0 Å². The molecule has 1 amide bonds. The van der Waals surface area contributed by atoms with Gasteiger partial charge in [0.05, 0.1) is 17.6 Å². The molecule has 1 heterocycles. The molecule has 2 rings (SSSR count).